The molecule has 10 atom stereocenters. The number of aliphatic carboxylic acids is 4. The molecule has 0 heterocycles. The Hall–Kier alpha value is -3.34. The summed E-state index contributed by atoms with van der Waals surface area (Å²) in [6.07, 6.45) is 2.26. The maximum atomic E-state index is 13.0. The van der Waals surface area contributed by atoms with Gasteiger partial charge in [-0.3, -0.25) is 28.8 Å². The first-order chi connectivity index (χ1) is 25.3. The Bertz CT molecular complexity index is 1120. The predicted molar refractivity (Wildman–Crippen MR) is 196 cm³/mol. The van der Waals surface area contributed by atoms with Gasteiger partial charge in [0.2, 0.25) is 0 Å². The van der Waals surface area contributed by atoms with Crippen molar-refractivity contribution >= 4 is 35.8 Å². The Morgan fingerprint density at radius 2 is 1.06 bits per heavy atom. The zero-order valence-corrected chi connectivity index (χ0v) is 32.5. The molecule has 0 aromatic heterocycles. The van der Waals surface area contributed by atoms with Gasteiger partial charge in [0.1, 0.15) is 12.2 Å². The Morgan fingerprint density at radius 1 is 0.611 bits per heavy atom. The highest BCUT2D eigenvalue weighted by atomic mass is 16.6. The second-order valence-electron chi connectivity index (χ2n) is 15.0. The van der Waals surface area contributed by atoms with Crippen LogP contribution in [-0.4, -0.2) is 108 Å². The maximum absolute atomic E-state index is 13.0. The maximum Gasteiger partial charge on any atom is 0.307 e. The Morgan fingerprint density at radius 3 is 1.44 bits per heavy atom. The SMILES string of the molecule is C1CCC1.CCCCC(C)C(OC(=O)CC(CC(=O)O)C(=O)O)C(CC(C)CC(O)CCCCC(O)CC(O)C(C)N)OC(=O)CC(CC(=O)O)C(=O)O. The number of unbranched alkanes of at least 4 members (excludes halogenated alkanes) is 2. The number of rotatable bonds is 29. The van der Waals surface area contributed by atoms with Crippen molar-refractivity contribution in [2.24, 2.45) is 29.4 Å². The van der Waals surface area contributed by atoms with E-state index >= 15 is 0 Å². The molecule has 16 nitrogen and oxygen atoms in total. The van der Waals surface area contributed by atoms with Crippen LogP contribution in [-0.2, 0) is 38.2 Å². The molecule has 16 heteroatoms. The molecule has 0 spiro atoms. The number of carbonyl (C=O) groups excluding carboxylic acids is 2. The largest absolute Gasteiger partial charge is 0.481 e. The fraction of sp³-hybridized carbons (Fsp3) is 0.842. The summed E-state index contributed by atoms with van der Waals surface area (Å²) >= 11 is 0. The number of aliphatic hydroxyl groups excluding tert-OH is 3. The molecule has 0 radical (unpaired) electrons. The van der Waals surface area contributed by atoms with Crippen LogP contribution < -0.4 is 5.73 Å². The second kappa shape index (κ2) is 28.1. The molecule has 1 aliphatic carbocycles. The number of aliphatic hydroxyl groups is 3. The first kappa shape index (κ1) is 50.7. The summed E-state index contributed by atoms with van der Waals surface area (Å²) in [7, 11) is 0. The van der Waals surface area contributed by atoms with Crippen LogP contribution in [0, 0.1) is 23.7 Å². The summed E-state index contributed by atoms with van der Waals surface area (Å²) < 4.78 is 11.4. The van der Waals surface area contributed by atoms with Gasteiger partial charge in [-0.1, -0.05) is 72.1 Å². The van der Waals surface area contributed by atoms with E-state index in [0.29, 0.717) is 38.5 Å². The van der Waals surface area contributed by atoms with Crippen molar-refractivity contribution in [3.05, 3.63) is 0 Å². The zero-order chi connectivity index (χ0) is 41.4. The minimum Gasteiger partial charge on any atom is -0.481 e. The Kier molecular flexibility index (Phi) is 26.4. The average molecular weight is 778 g/mol. The first-order valence-corrected chi connectivity index (χ1v) is 19.3. The van der Waals surface area contributed by atoms with Crippen molar-refractivity contribution in [3.8, 4) is 0 Å². The highest BCUT2D eigenvalue weighted by molar-refractivity contribution is 5.83. The number of esters is 2. The number of nitrogens with two attached hydrogens (primary N) is 1. The lowest BCUT2D eigenvalue weighted by atomic mass is 9.87. The highest BCUT2D eigenvalue weighted by Crippen LogP contribution is 2.29. The van der Waals surface area contributed by atoms with Gasteiger partial charge in [-0.2, -0.15) is 0 Å². The third-order valence-corrected chi connectivity index (χ3v) is 9.61. The van der Waals surface area contributed by atoms with E-state index in [1.165, 1.54) is 25.7 Å². The molecular formula is C38H67NO15. The molecule has 1 aliphatic rings. The first-order valence-electron chi connectivity index (χ1n) is 19.3. The number of hydrogen-bond donors (Lipinski definition) is 8. The minimum atomic E-state index is -1.59. The predicted octanol–water partition coefficient (Wildman–Crippen LogP) is 4.12. The molecule has 10 unspecified atom stereocenters. The van der Waals surface area contributed by atoms with Crippen molar-refractivity contribution in [3.63, 3.8) is 0 Å². The van der Waals surface area contributed by atoms with E-state index in [4.69, 9.17) is 25.4 Å². The number of hydrogen-bond acceptors (Lipinski definition) is 12. The van der Waals surface area contributed by atoms with Gasteiger partial charge in [0, 0.05) is 12.5 Å². The van der Waals surface area contributed by atoms with Crippen molar-refractivity contribution < 1.29 is 74.0 Å². The van der Waals surface area contributed by atoms with E-state index in [2.05, 4.69) is 0 Å². The number of carboxylic acid groups (broad SMARTS) is 4. The molecule has 0 aromatic rings. The molecule has 0 aliphatic heterocycles. The molecule has 0 amide bonds. The summed E-state index contributed by atoms with van der Waals surface area (Å²) in [6, 6.07) is -0.476. The van der Waals surface area contributed by atoms with Gasteiger partial charge >= 0.3 is 35.8 Å². The topological polar surface area (TPSA) is 289 Å². The van der Waals surface area contributed by atoms with E-state index < -0.39 is 116 Å². The van der Waals surface area contributed by atoms with Crippen molar-refractivity contribution in [1.29, 1.82) is 0 Å². The molecule has 9 N–H and O–H groups in total. The van der Waals surface area contributed by atoms with E-state index in [1.54, 1.807) is 20.8 Å². The fourth-order valence-electron chi connectivity index (χ4n) is 5.93. The molecule has 54 heavy (non-hydrogen) atoms. The average Bonchev–Trinajstić information content (AvgIpc) is 3.02. The van der Waals surface area contributed by atoms with Gasteiger partial charge in [0.15, 0.2) is 0 Å². The van der Waals surface area contributed by atoms with Gasteiger partial charge in [-0.25, -0.2) is 0 Å². The van der Waals surface area contributed by atoms with Crippen molar-refractivity contribution in [1.82, 2.24) is 0 Å². The molecule has 1 fully saturated rings. The summed E-state index contributed by atoms with van der Waals surface area (Å²) in [6.45, 7) is 7.06. The standard InChI is InChI=1S/C34H59NO15.C4H8/c1-5-6-9-20(3)32(50-31(44)17-23(34(47)48)15-29(41)42)27(49-30(43)16-22(33(45)46)14-28(39)40)13-19(2)12-24(36)10-7-8-11-25(37)18-26(38)21(4)35;1-2-4-3-1/h19-27,32,36-38H,5-18,35H2,1-4H3,(H,39,40)(H,41,42)(H,45,46)(H,47,48);1-4H2. The molecule has 0 saturated heterocycles. The number of ether oxygens (including phenoxy) is 2. The van der Waals surface area contributed by atoms with E-state index in [1.807, 2.05) is 6.92 Å². The Balaban J connectivity index is 0.00000653. The van der Waals surface area contributed by atoms with Crippen LogP contribution in [0.4, 0.5) is 0 Å². The van der Waals surface area contributed by atoms with Crippen LogP contribution in [0.5, 0.6) is 0 Å². The van der Waals surface area contributed by atoms with Crippen LogP contribution in [0.25, 0.3) is 0 Å². The summed E-state index contributed by atoms with van der Waals surface area (Å²) in [4.78, 5) is 71.6. The molecule has 0 aromatic carbocycles. The highest BCUT2D eigenvalue weighted by Gasteiger charge is 2.37. The van der Waals surface area contributed by atoms with Gasteiger partial charge in [0.25, 0.3) is 0 Å². The third-order valence-electron chi connectivity index (χ3n) is 9.61. The van der Waals surface area contributed by atoms with Crippen LogP contribution in [0.1, 0.15) is 143 Å². The van der Waals surface area contributed by atoms with Crippen molar-refractivity contribution in [2.45, 2.75) is 180 Å². The lowest BCUT2D eigenvalue weighted by Gasteiger charge is -2.33. The third kappa shape index (κ3) is 24.1. The zero-order valence-electron chi connectivity index (χ0n) is 32.5. The monoisotopic (exact) mass is 777 g/mol. The Labute approximate surface area is 318 Å². The number of carboxylic acids is 4. The molecule has 1 saturated carbocycles. The van der Waals surface area contributed by atoms with E-state index in [9.17, 15) is 54.3 Å². The van der Waals surface area contributed by atoms with Crippen molar-refractivity contribution in [2.75, 3.05) is 0 Å². The molecular weight excluding hydrogens is 710 g/mol. The normalized spacial score (nSPS) is 18.0. The van der Waals surface area contributed by atoms with Gasteiger partial charge in [-0.15, -0.1) is 0 Å². The van der Waals surface area contributed by atoms with Crippen LogP contribution in [0.3, 0.4) is 0 Å². The lowest BCUT2D eigenvalue weighted by molar-refractivity contribution is -0.177. The summed E-state index contributed by atoms with van der Waals surface area (Å²) in [5.41, 5.74) is 5.63. The lowest BCUT2D eigenvalue weighted by Crippen LogP contribution is -2.42. The van der Waals surface area contributed by atoms with Crippen LogP contribution in [0.2, 0.25) is 0 Å². The van der Waals surface area contributed by atoms with E-state index in [0.717, 1.165) is 6.42 Å². The smallest absolute Gasteiger partial charge is 0.307 e. The molecule has 0 bridgehead atoms. The quantitative estimate of drug-likeness (QED) is 0.0391. The van der Waals surface area contributed by atoms with Gasteiger partial charge < -0.3 is 51.0 Å². The fourth-order valence-corrected chi connectivity index (χ4v) is 5.93. The molecule has 314 valence electrons. The van der Waals surface area contributed by atoms with Crippen LogP contribution >= 0.6 is 0 Å². The van der Waals surface area contributed by atoms with Gasteiger partial charge in [-0.05, 0) is 50.9 Å². The second-order valence-corrected chi connectivity index (χ2v) is 15.0. The van der Waals surface area contributed by atoms with Gasteiger partial charge in [0.05, 0.1) is 55.8 Å². The molecule has 1 rings (SSSR count). The van der Waals surface area contributed by atoms with E-state index in [-0.39, 0.29) is 25.2 Å². The van der Waals surface area contributed by atoms with Crippen LogP contribution in [0.15, 0.2) is 0 Å². The summed E-state index contributed by atoms with van der Waals surface area (Å²) in [5.74, 6) is -12.0. The summed E-state index contributed by atoms with van der Waals surface area (Å²) in [5, 5.41) is 67.8. The minimum absolute atomic E-state index is 0.0270. The number of carbonyl (C=O) groups is 6.